The molecule has 30 heavy (non-hydrogen) atoms. The summed E-state index contributed by atoms with van der Waals surface area (Å²) in [6.07, 6.45) is 21.3. The Labute approximate surface area is 190 Å². The summed E-state index contributed by atoms with van der Waals surface area (Å²) in [7, 11) is 0. The van der Waals surface area contributed by atoms with E-state index in [-0.39, 0.29) is 0 Å². The van der Waals surface area contributed by atoms with Crippen molar-refractivity contribution in [2.45, 2.75) is 113 Å². The number of hydrogen-bond donors (Lipinski definition) is 0. The minimum Gasteiger partial charge on any atom is -0.0956 e. The minimum absolute atomic E-state index is 0.447. The first kappa shape index (κ1) is 27.0. The molecular weight excluding hydrogens is 360 g/mol. The normalized spacial score (nSPS) is 30.3. The average molecular weight is 413 g/mol. The summed E-state index contributed by atoms with van der Waals surface area (Å²) in [6, 6.07) is 0. The van der Waals surface area contributed by atoms with Crippen LogP contribution in [0.1, 0.15) is 113 Å². The van der Waals surface area contributed by atoms with E-state index >= 15 is 0 Å². The van der Waals surface area contributed by atoms with Gasteiger partial charge in [0.1, 0.15) is 0 Å². The van der Waals surface area contributed by atoms with Gasteiger partial charge in [-0.25, -0.2) is 0 Å². The van der Waals surface area contributed by atoms with Gasteiger partial charge in [-0.1, -0.05) is 97.4 Å². The molecule has 0 saturated heterocycles. The van der Waals surface area contributed by atoms with Crippen LogP contribution in [-0.4, -0.2) is 0 Å². The molecule has 172 valence electrons. The van der Waals surface area contributed by atoms with E-state index in [2.05, 4.69) is 72.4 Å². The molecule has 2 aliphatic rings. The van der Waals surface area contributed by atoms with E-state index in [0.717, 1.165) is 17.8 Å². The van der Waals surface area contributed by atoms with Gasteiger partial charge in [0, 0.05) is 0 Å². The molecule has 0 bridgehead atoms. The predicted molar refractivity (Wildman–Crippen MR) is 138 cm³/mol. The van der Waals surface area contributed by atoms with Crippen molar-refractivity contribution in [2.24, 2.45) is 29.1 Å². The smallest absolute Gasteiger partial charge is 0.0239 e. The molecule has 0 amide bonds. The third-order valence-corrected chi connectivity index (χ3v) is 8.16. The number of rotatable bonds is 6. The Hall–Kier alpha value is -1.04. The lowest BCUT2D eigenvalue weighted by Crippen LogP contribution is -2.31. The zero-order chi connectivity index (χ0) is 22.7. The molecule has 0 aromatic heterocycles. The highest BCUT2D eigenvalue weighted by Gasteiger charge is 2.37. The van der Waals surface area contributed by atoms with E-state index in [1.54, 1.807) is 5.57 Å². The highest BCUT2D eigenvalue weighted by molar-refractivity contribution is 5.34. The van der Waals surface area contributed by atoms with Crippen molar-refractivity contribution in [1.29, 1.82) is 0 Å². The average Bonchev–Trinajstić information content (AvgIpc) is 2.87. The summed E-state index contributed by atoms with van der Waals surface area (Å²) in [4.78, 5) is 0. The molecule has 0 spiro atoms. The van der Waals surface area contributed by atoms with Gasteiger partial charge in [0.2, 0.25) is 0 Å². The van der Waals surface area contributed by atoms with Crippen LogP contribution in [0.4, 0.5) is 0 Å². The highest BCUT2D eigenvalue weighted by Crippen LogP contribution is 2.47. The molecule has 0 heteroatoms. The van der Waals surface area contributed by atoms with Crippen LogP contribution in [0.15, 0.2) is 47.6 Å². The van der Waals surface area contributed by atoms with Crippen molar-refractivity contribution >= 4 is 0 Å². The summed E-state index contributed by atoms with van der Waals surface area (Å²) < 4.78 is 0. The molecule has 0 nitrogen and oxygen atoms in total. The molecule has 2 saturated carbocycles. The fourth-order valence-electron chi connectivity index (χ4n) is 4.95. The molecule has 0 aromatic rings. The van der Waals surface area contributed by atoms with Gasteiger partial charge in [0.25, 0.3) is 0 Å². The summed E-state index contributed by atoms with van der Waals surface area (Å²) >= 11 is 0. The Morgan fingerprint density at radius 2 is 1.67 bits per heavy atom. The molecule has 4 atom stereocenters. The maximum absolute atomic E-state index is 4.29. The lowest BCUT2D eigenvalue weighted by atomic mass is 9.65. The standard InChI is InChI=1S/C28H46.C2H6/c1-21(2)22(3)13-10-14-24(5)28(7)19-11-15-26(20-25(28)6)17-18-27-16-9-8-12-23(27)4;1-2/h10,13,17-18,21-22,24-25H,4,8-9,11-12,14-16,19-20H2,1-3,5-7H3;1-2H3/b13-10+,26-17+,27-18-;/t22-,24?,25?,28?;/m0./s1. The summed E-state index contributed by atoms with van der Waals surface area (Å²) in [6.45, 7) is 22.8. The third kappa shape index (κ3) is 7.90. The second-order valence-electron chi connectivity index (χ2n) is 10.5. The Morgan fingerprint density at radius 1 is 1.00 bits per heavy atom. The van der Waals surface area contributed by atoms with Crippen molar-refractivity contribution in [2.75, 3.05) is 0 Å². The van der Waals surface area contributed by atoms with Gasteiger partial charge in [0.05, 0.1) is 0 Å². The first-order valence-electron chi connectivity index (χ1n) is 13.0. The number of hydrogen-bond acceptors (Lipinski definition) is 0. The van der Waals surface area contributed by atoms with Crippen LogP contribution in [0, 0.1) is 29.1 Å². The molecular formula is C30H52. The van der Waals surface area contributed by atoms with E-state index in [9.17, 15) is 0 Å². The Kier molecular flexibility index (Phi) is 12.0. The lowest BCUT2D eigenvalue weighted by Gasteiger charge is -2.40. The Bertz CT molecular complexity index is 600. The number of allylic oxidation sites excluding steroid dienone is 7. The predicted octanol–water partition coefficient (Wildman–Crippen LogP) is 10.1. The highest BCUT2D eigenvalue weighted by atomic mass is 14.4. The second kappa shape index (κ2) is 13.4. The van der Waals surface area contributed by atoms with Gasteiger partial charge in [0.15, 0.2) is 0 Å². The van der Waals surface area contributed by atoms with Gasteiger partial charge in [-0.15, -0.1) is 0 Å². The van der Waals surface area contributed by atoms with Gasteiger partial charge < -0.3 is 0 Å². The third-order valence-electron chi connectivity index (χ3n) is 8.16. The zero-order valence-corrected chi connectivity index (χ0v) is 21.7. The van der Waals surface area contributed by atoms with Crippen molar-refractivity contribution < 1.29 is 0 Å². The zero-order valence-electron chi connectivity index (χ0n) is 21.7. The quantitative estimate of drug-likeness (QED) is 0.300. The van der Waals surface area contributed by atoms with Crippen LogP contribution in [0.3, 0.4) is 0 Å². The largest absolute Gasteiger partial charge is 0.0956 e. The van der Waals surface area contributed by atoms with E-state index in [0.29, 0.717) is 11.3 Å². The maximum Gasteiger partial charge on any atom is -0.0239 e. The molecule has 2 fully saturated rings. The van der Waals surface area contributed by atoms with Crippen molar-refractivity contribution in [3.63, 3.8) is 0 Å². The summed E-state index contributed by atoms with van der Waals surface area (Å²) in [5, 5.41) is 0. The first-order valence-corrected chi connectivity index (χ1v) is 13.0. The van der Waals surface area contributed by atoms with E-state index in [1.165, 1.54) is 68.9 Å². The minimum atomic E-state index is 0.447. The fraction of sp³-hybridized carbons (Fsp3) is 0.733. The van der Waals surface area contributed by atoms with Crippen LogP contribution < -0.4 is 0 Å². The molecule has 2 aliphatic carbocycles. The summed E-state index contributed by atoms with van der Waals surface area (Å²) in [5.41, 5.74) is 5.00. The van der Waals surface area contributed by atoms with Crippen molar-refractivity contribution in [3.05, 3.63) is 47.6 Å². The molecule has 2 rings (SSSR count). The topological polar surface area (TPSA) is 0 Å². The van der Waals surface area contributed by atoms with Crippen LogP contribution in [0.2, 0.25) is 0 Å². The molecule has 0 heterocycles. The van der Waals surface area contributed by atoms with E-state index in [4.69, 9.17) is 0 Å². The molecule has 0 N–H and O–H groups in total. The van der Waals surface area contributed by atoms with Gasteiger partial charge >= 0.3 is 0 Å². The maximum atomic E-state index is 4.29. The van der Waals surface area contributed by atoms with Crippen LogP contribution in [0.25, 0.3) is 0 Å². The molecule has 0 aliphatic heterocycles. The van der Waals surface area contributed by atoms with E-state index in [1.807, 2.05) is 13.8 Å². The van der Waals surface area contributed by atoms with Crippen LogP contribution in [0.5, 0.6) is 0 Å². The van der Waals surface area contributed by atoms with Gasteiger partial charge in [-0.3, -0.25) is 0 Å². The van der Waals surface area contributed by atoms with Crippen LogP contribution >= 0.6 is 0 Å². The van der Waals surface area contributed by atoms with Gasteiger partial charge in [-0.2, -0.15) is 0 Å². The van der Waals surface area contributed by atoms with Crippen molar-refractivity contribution in [1.82, 2.24) is 0 Å². The monoisotopic (exact) mass is 412 g/mol. The molecule has 0 aromatic carbocycles. The fourth-order valence-corrected chi connectivity index (χ4v) is 4.95. The first-order chi connectivity index (χ1) is 14.2. The second-order valence-corrected chi connectivity index (χ2v) is 10.5. The van der Waals surface area contributed by atoms with E-state index < -0.39 is 0 Å². The van der Waals surface area contributed by atoms with Crippen LogP contribution in [-0.2, 0) is 0 Å². The molecule has 3 unspecified atom stereocenters. The Morgan fingerprint density at radius 3 is 2.30 bits per heavy atom. The van der Waals surface area contributed by atoms with Crippen molar-refractivity contribution in [3.8, 4) is 0 Å². The van der Waals surface area contributed by atoms with Gasteiger partial charge in [-0.05, 0) is 92.4 Å². The summed E-state index contributed by atoms with van der Waals surface area (Å²) in [5.74, 6) is 2.92. The lowest BCUT2D eigenvalue weighted by molar-refractivity contribution is 0.107. The Balaban J connectivity index is 0.00000218. The molecule has 0 radical (unpaired) electrons. The SMILES string of the molecule is C=C1CCCC/C1=C/C=C1\CCCC(C)(C(C)C/C=C/[C@H](C)C(C)C)C(C)C1.CC.